The number of alkyl halides is 3. The zero-order valence-electron chi connectivity index (χ0n) is 11.1. The normalized spacial score (nSPS) is 29.9. The van der Waals surface area contributed by atoms with Gasteiger partial charge in [-0.15, -0.1) is 0 Å². The van der Waals surface area contributed by atoms with Gasteiger partial charge in [-0.2, -0.15) is 13.2 Å². The van der Waals surface area contributed by atoms with E-state index < -0.39 is 14.0 Å². The third-order valence-electron chi connectivity index (χ3n) is 4.17. The van der Waals surface area contributed by atoms with E-state index in [0.29, 0.717) is 9.80 Å². The van der Waals surface area contributed by atoms with Gasteiger partial charge >= 0.3 is 5.51 Å². The van der Waals surface area contributed by atoms with Gasteiger partial charge in [-0.25, -0.2) is 0 Å². The van der Waals surface area contributed by atoms with Crippen LogP contribution in [0.4, 0.5) is 13.2 Å². The summed E-state index contributed by atoms with van der Waals surface area (Å²) >= 11 is 3.16. The van der Waals surface area contributed by atoms with Crippen LogP contribution in [0.1, 0.15) is 36.8 Å². The molecule has 0 aromatic heterocycles. The number of allylic oxidation sites excluding steroid dienone is 1. The fourth-order valence-corrected chi connectivity index (χ4v) is 7.63. The SMILES string of the molecule is Cc1ccc2c(c1)C=C(C1CCCC1)S2(Br)C(F)(F)F. The maximum absolute atomic E-state index is 13.8. The lowest BCUT2D eigenvalue weighted by molar-refractivity contribution is -0.0357. The Kier molecular flexibility index (Phi) is 3.49. The van der Waals surface area contributed by atoms with Gasteiger partial charge in [-0.3, -0.25) is 0 Å². The third kappa shape index (κ3) is 2.05. The minimum absolute atomic E-state index is 0.0821. The quantitative estimate of drug-likeness (QED) is 0.531. The second kappa shape index (κ2) is 4.80. The minimum Gasteiger partial charge on any atom is -0.160 e. The molecule has 1 aliphatic carbocycles. The lowest BCUT2D eigenvalue weighted by Gasteiger charge is -2.37. The number of benzene rings is 1. The first-order chi connectivity index (χ1) is 9.34. The molecule has 0 N–H and O–H groups in total. The Balaban J connectivity index is 2.16. The first kappa shape index (κ1) is 14.5. The van der Waals surface area contributed by atoms with Crippen LogP contribution < -0.4 is 0 Å². The highest BCUT2D eigenvalue weighted by Crippen LogP contribution is 2.82. The second-order valence-electron chi connectivity index (χ2n) is 5.55. The summed E-state index contributed by atoms with van der Waals surface area (Å²) in [5.41, 5.74) is -2.48. The highest BCUT2D eigenvalue weighted by atomic mass is 79.9. The van der Waals surface area contributed by atoms with E-state index in [1.54, 1.807) is 18.2 Å². The third-order valence-corrected chi connectivity index (χ3v) is 10.2. The molecule has 0 amide bonds. The molecule has 5 heteroatoms. The fourth-order valence-electron chi connectivity index (χ4n) is 3.21. The van der Waals surface area contributed by atoms with Crippen LogP contribution in [0.2, 0.25) is 0 Å². The molecule has 1 fully saturated rings. The topological polar surface area (TPSA) is 0 Å². The fraction of sp³-hybridized carbons (Fsp3) is 0.467. The Morgan fingerprint density at radius 3 is 2.45 bits per heavy atom. The molecule has 0 nitrogen and oxygen atoms in total. The molecule has 1 heterocycles. The van der Waals surface area contributed by atoms with E-state index in [-0.39, 0.29) is 5.92 Å². The molecule has 1 aromatic carbocycles. The Labute approximate surface area is 126 Å². The molecule has 1 unspecified atom stereocenters. The van der Waals surface area contributed by atoms with E-state index in [0.717, 1.165) is 36.8 Å². The molecule has 110 valence electrons. The van der Waals surface area contributed by atoms with Gasteiger partial charge < -0.3 is 0 Å². The number of aryl methyl sites for hydroxylation is 1. The van der Waals surface area contributed by atoms with Crippen molar-refractivity contribution in [3.05, 3.63) is 34.2 Å². The zero-order chi connectivity index (χ0) is 14.5. The van der Waals surface area contributed by atoms with E-state index in [4.69, 9.17) is 0 Å². The van der Waals surface area contributed by atoms with Crippen LogP contribution in [0, 0.1) is 12.8 Å². The highest BCUT2D eigenvalue weighted by Gasteiger charge is 2.56. The Morgan fingerprint density at radius 2 is 1.85 bits per heavy atom. The van der Waals surface area contributed by atoms with Gasteiger partial charge in [-0.1, -0.05) is 30.5 Å². The van der Waals surface area contributed by atoms with Crippen LogP contribution in [0.15, 0.2) is 28.0 Å². The minimum atomic E-state index is -4.23. The zero-order valence-corrected chi connectivity index (χ0v) is 13.5. The van der Waals surface area contributed by atoms with Crippen LogP contribution in [0.3, 0.4) is 0 Å². The Morgan fingerprint density at radius 1 is 1.20 bits per heavy atom. The molecule has 0 spiro atoms. The van der Waals surface area contributed by atoms with E-state index >= 15 is 0 Å². The number of halogens is 4. The van der Waals surface area contributed by atoms with Crippen molar-refractivity contribution in [2.45, 2.75) is 43.0 Å². The molecule has 1 atom stereocenters. The van der Waals surface area contributed by atoms with Crippen molar-refractivity contribution < 1.29 is 13.2 Å². The van der Waals surface area contributed by atoms with Gasteiger partial charge in [0.15, 0.2) is 0 Å². The summed E-state index contributed by atoms with van der Waals surface area (Å²) in [6.45, 7) is 1.92. The summed E-state index contributed by atoms with van der Waals surface area (Å²) in [4.78, 5) is 1.01. The van der Waals surface area contributed by atoms with E-state index in [9.17, 15) is 13.2 Å². The highest BCUT2D eigenvalue weighted by molar-refractivity contribution is 9.59. The average molecular weight is 365 g/mol. The lowest BCUT2D eigenvalue weighted by atomic mass is 10.1. The van der Waals surface area contributed by atoms with Crippen LogP contribution in [-0.4, -0.2) is 5.51 Å². The first-order valence-electron chi connectivity index (χ1n) is 6.75. The van der Waals surface area contributed by atoms with Gasteiger partial charge in [0.2, 0.25) is 0 Å². The molecule has 0 saturated heterocycles. The average Bonchev–Trinajstić information content (AvgIpc) is 2.95. The summed E-state index contributed by atoms with van der Waals surface area (Å²) in [5.74, 6) is 0.0821. The van der Waals surface area contributed by atoms with Gasteiger partial charge in [0.25, 0.3) is 0 Å². The predicted octanol–water partition coefficient (Wildman–Crippen LogP) is 6.53. The predicted molar refractivity (Wildman–Crippen MR) is 82.0 cm³/mol. The summed E-state index contributed by atoms with van der Waals surface area (Å²) in [7, 11) is -3.05. The van der Waals surface area contributed by atoms with Crippen molar-refractivity contribution in [2.24, 2.45) is 5.92 Å². The molecule has 20 heavy (non-hydrogen) atoms. The summed E-state index contributed by atoms with van der Waals surface area (Å²) in [5, 5.41) is 0. The summed E-state index contributed by atoms with van der Waals surface area (Å²) in [6.07, 6.45) is 5.65. The first-order valence-corrected chi connectivity index (χ1v) is 10.2. The van der Waals surface area contributed by atoms with E-state index in [1.165, 1.54) is 0 Å². The van der Waals surface area contributed by atoms with Crippen LogP contribution in [-0.2, 0) is 0 Å². The van der Waals surface area contributed by atoms with E-state index in [2.05, 4.69) is 14.8 Å². The molecule has 1 saturated carbocycles. The monoisotopic (exact) mass is 364 g/mol. The van der Waals surface area contributed by atoms with Crippen molar-refractivity contribution in [1.29, 1.82) is 0 Å². The largest absolute Gasteiger partial charge is 0.442 e. The Hall–Kier alpha value is -0.420. The van der Waals surface area contributed by atoms with Crippen molar-refractivity contribution in [1.82, 2.24) is 0 Å². The maximum atomic E-state index is 13.8. The molecule has 2 aliphatic rings. The van der Waals surface area contributed by atoms with Crippen LogP contribution >= 0.6 is 23.3 Å². The van der Waals surface area contributed by atoms with Crippen molar-refractivity contribution >= 4 is 29.4 Å². The molecule has 0 bridgehead atoms. The van der Waals surface area contributed by atoms with E-state index in [1.807, 2.05) is 13.0 Å². The van der Waals surface area contributed by atoms with Crippen molar-refractivity contribution in [2.75, 3.05) is 0 Å². The molecular weight excluding hydrogens is 349 g/mol. The van der Waals surface area contributed by atoms with Crippen LogP contribution in [0.25, 0.3) is 6.08 Å². The number of rotatable bonds is 1. The lowest BCUT2D eigenvalue weighted by Crippen LogP contribution is -2.18. The summed E-state index contributed by atoms with van der Waals surface area (Å²) < 4.78 is 41.3. The number of fused-ring (bicyclic) bond motifs is 1. The molecule has 0 radical (unpaired) electrons. The smallest absolute Gasteiger partial charge is 0.160 e. The molecule has 1 aliphatic heterocycles. The van der Waals surface area contributed by atoms with Crippen LogP contribution in [0.5, 0.6) is 0 Å². The van der Waals surface area contributed by atoms with Gasteiger partial charge in [0, 0.05) is 4.90 Å². The van der Waals surface area contributed by atoms with Crippen molar-refractivity contribution in [3.8, 4) is 0 Å². The standard InChI is InChI=1S/C15H16BrF3S/c1-10-6-7-13-12(8-10)9-14(11-4-2-3-5-11)20(13,16)15(17,18)19/h6-9,11H,2-5H2,1H3. The van der Waals surface area contributed by atoms with Crippen molar-refractivity contribution in [3.63, 3.8) is 0 Å². The van der Waals surface area contributed by atoms with Gasteiger partial charge in [-0.05, 0) is 71.6 Å². The summed E-state index contributed by atoms with van der Waals surface area (Å²) in [6, 6.07) is 5.30. The molecule has 1 aromatic rings. The second-order valence-corrected chi connectivity index (χ2v) is 10.9. The molecular formula is C15H16BrF3S. The van der Waals surface area contributed by atoms with Gasteiger partial charge in [0.1, 0.15) is 0 Å². The van der Waals surface area contributed by atoms with Gasteiger partial charge in [0.05, 0.1) is 0 Å². The maximum Gasteiger partial charge on any atom is 0.442 e. The molecule has 3 rings (SSSR count). The number of hydrogen-bond acceptors (Lipinski definition) is 0. The Bertz CT molecular complexity index is 573. The number of hydrogen-bond donors (Lipinski definition) is 0.